The van der Waals surface area contributed by atoms with Crippen molar-refractivity contribution in [3.05, 3.63) is 57.7 Å². The Bertz CT molecular complexity index is 1270. The van der Waals surface area contributed by atoms with E-state index in [4.69, 9.17) is 13.9 Å². The highest BCUT2D eigenvalue weighted by atomic mass is 32.3. The lowest BCUT2D eigenvalue weighted by Gasteiger charge is -2.49. The SMILES string of the molecule is CC(C)c1nc2c(c3c1C(c1ccc(C(F)(F)F)nc1)OC31CCCC1)C(OS(C)(C)C(C)(C)C)CC(C)(C)C2. The van der Waals surface area contributed by atoms with E-state index in [0.717, 1.165) is 61.5 Å². The number of hydrogen-bond acceptors (Lipinski definition) is 4. The van der Waals surface area contributed by atoms with E-state index in [-0.39, 0.29) is 22.2 Å². The Labute approximate surface area is 239 Å². The van der Waals surface area contributed by atoms with Crippen LogP contribution in [0, 0.1) is 5.41 Å². The average Bonchev–Trinajstić information content (AvgIpc) is 3.41. The number of hydrogen-bond donors (Lipinski definition) is 0. The molecule has 2 aromatic rings. The molecule has 2 atom stereocenters. The number of alkyl halides is 3. The molecule has 2 unspecified atom stereocenters. The fraction of sp³-hybridized carbons (Fsp3) is 0.688. The first-order chi connectivity index (χ1) is 18.4. The largest absolute Gasteiger partial charge is 0.433 e. The van der Waals surface area contributed by atoms with Gasteiger partial charge < -0.3 is 8.92 Å². The van der Waals surface area contributed by atoms with Crippen LogP contribution in [-0.2, 0) is 27.1 Å². The van der Waals surface area contributed by atoms with Crippen LogP contribution < -0.4 is 0 Å². The van der Waals surface area contributed by atoms with Gasteiger partial charge in [0.05, 0.1) is 11.7 Å². The molecule has 1 saturated carbocycles. The third-order valence-corrected chi connectivity index (χ3v) is 13.0. The summed E-state index contributed by atoms with van der Waals surface area (Å²) in [5, 5.41) is 0. The summed E-state index contributed by atoms with van der Waals surface area (Å²) in [6.45, 7) is 15.6. The molecule has 3 heterocycles. The summed E-state index contributed by atoms with van der Waals surface area (Å²) in [6, 6.07) is 2.61. The van der Waals surface area contributed by atoms with Crippen molar-refractivity contribution in [2.45, 2.75) is 122 Å². The van der Waals surface area contributed by atoms with Crippen molar-refractivity contribution in [2.24, 2.45) is 5.41 Å². The molecule has 3 aliphatic rings. The smallest absolute Gasteiger partial charge is 0.357 e. The quantitative estimate of drug-likeness (QED) is 0.363. The molecule has 222 valence electrons. The Morgan fingerprint density at radius 2 is 1.70 bits per heavy atom. The molecule has 0 bridgehead atoms. The summed E-state index contributed by atoms with van der Waals surface area (Å²) < 4.78 is 54.2. The Kier molecular flexibility index (Phi) is 7.24. The number of fused-ring (bicyclic) bond motifs is 4. The van der Waals surface area contributed by atoms with Gasteiger partial charge in [-0.15, -0.1) is 10.3 Å². The molecule has 4 nitrogen and oxygen atoms in total. The minimum absolute atomic E-state index is 0.000786. The van der Waals surface area contributed by atoms with Gasteiger partial charge in [-0.05, 0) is 61.2 Å². The van der Waals surface area contributed by atoms with Crippen LogP contribution in [-0.4, -0.2) is 27.2 Å². The second kappa shape index (κ2) is 9.70. The normalized spacial score (nSPS) is 24.4. The summed E-state index contributed by atoms with van der Waals surface area (Å²) in [5.41, 5.74) is 4.84. The van der Waals surface area contributed by atoms with Crippen molar-refractivity contribution in [3.8, 4) is 0 Å². The molecule has 1 spiro atoms. The Hall–Kier alpha value is -1.64. The molecule has 0 N–H and O–H groups in total. The topological polar surface area (TPSA) is 44.2 Å². The number of ether oxygens (including phenoxy) is 1. The third kappa shape index (κ3) is 5.11. The lowest BCUT2D eigenvalue weighted by atomic mass is 9.70. The molecule has 5 rings (SSSR count). The van der Waals surface area contributed by atoms with E-state index < -0.39 is 33.9 Å². The minimum Gasteiger partial charge on any atom is -0.357 e. The van der Waals surface area contributed by atoms with Crippen LogP contribution in [0.25, 0.3) is 0 Å². The van der Waals surface area contributed by atoms with Crippen molar-refractivity contribution in [1.82, 2.24) is 9.97 Å². The average molecular weight is 579 g/mol. The maximum absolute atomic E-state index is 13.3. The lowest BCUT2D eigenvalue weighted by molar-refractivity contribution is -0.141. The summed E-state index contributed by atoms with van der Waals surface area (Å²) in [4.78, 5) is 9.17. The first kappa shape index (κ1) is 29.8. The molecule has 0 radical (unpaired) electrons. The third-order valence-electron chi connectivity index (χ3n) is 9.32. The van der Waals surface area contributed by atoms with Crippen LogP contribution in [0.15, 0.2) is 18.3 Å². The van der Waals surface area contributed by atoms with E-state index in [9.17, 15) is 13.2 Å². The van der Waals surface area contributed by atoms with Gasteiger partial charge in [-0.1, -0.05) is 67.4 Å². The van der Waals surface area contributed by atoms with Crippen molar-refractivity contribution < 1.29 is 22.1 Å². The van der Waals surface area contributed by atoms with Gasteiger partial charge >= 0.3 is 6.18 Å². The van der Waals surface area contributed by atoms with Crippen LogP contribution in [0.1, 0.15) is 138 Å². The van der Waals surface area contributed by atoms with Crippen LogP contribution in [0.5, 0.6) is 0 Å². The highest BCUT2D eigenvalue weighted by Gasteiger charge is 2.53. The molecule has 8 heteroatoms. The maximum Gasteiger partial charge on any atom is 0.433 e. The van der Waals surface area contributed by atoms with E-state index in [0.29, 0.717) is 5.56 Å². The molecular weight excluding hydrogens is 533 g/mol. The van der Waals surface area contributed by atoms with Crippen LogP contribution >= 0.6 is 10.3 Å². The highest BCUT2D eigenvalue weighted by molar-refractivity contribution is 8.29. The maximum atomic E-state index is 13.3. The van der Waals surface area contributed by atoms with Gasteiger partial charge in [0.1, 0.15) is 11.8 Å². The number of rotatable bonds is 4. The fourth-order valence-electron chi connectivity index (χ4n) is 6.63. The van der Waals surface area contributed by atoms with E-state index in [1.165, 1.54) is 23.4 Å². The van der Waals surface area contributed by atoms with Crippen molar-refractivity contribution >= 4 is 10.3 Å². The summed E-state index contributed by atoms with van der Waals surface area (Å²) in [5.74, 6) is 0.130. The predicted molar refractivity (Wildman–Crippen MR) is 156 cm³/mol. The van der Waals surface area contributed by atoms with Gasteiger partial charge in [0.2, 0.25) is 0 Å². The van der Waals surface area contributed by atoms with Crippen LogP contribution in [0.4, 0.5) is 13.2 Å². The van der Waals surface area contributed by atoms with Crippen molar-refractivity contribution in [3.63, 3.8) is 0 Å². The van der Waals surface area contributed by atoms with E-state index in [1.54, 1.807) is 0 Å². The molecule has 1 aliphatic heterocycles. The highest BCUT2D eigenvalue weighted by Crippen LogP contribution is 2.63. The monoisotopic (exact) mass is 578 g/mol. The zero-order valence-corrected chi connectivity index (χ0v) is 26.3. The van der Waals surface area contributed by atoms with Gasteiger partial charge in [0.15, 0.2) is 0 Å². The van der Waals surface area contributed by atoms with Gasteiger partial charge in [-0.25, -0.2) is 0 Å². The molecule has 1 fully saturated rings. The fourth-order valence-corrected chi connectivity index (χ4v) is 7.66. The Balaban J connectivity index is 1.75. The summed E-state index contributed by atoms with van der Waals surface area (Å²) in [7, 11) is -1.44. The second-order valence-corrected chi connectivity index (χ2v) is 18.3. The molecule has 0 amide bonds. The number of nitrogens with zero attached hydrogens (tertiary/aromatic N) is 2. The van der Waals surface area contributed by atoms with E-state index >= 15 is 0 Å². The number of aromatic nitrogens is 2. The molecule has 40 heavy (non-hydrogen) atoms. The summed E-state index contributed by atoms with van der Waals surface area (Å²) in [6.07, 6.45) is 6.41. The van der Waals surface area contributed by atoms with Gasteiger partial charge in [-0.2, -0.15) is 13.2 Å². The standard InChI is InChI=1S/C32H45F3N2O2S/c1-19(2)27-25-26(24-21(37-27)16-30(6,7)17-22(24)39-40(8,9)29(3,4)5)31(14-10-11-15-31)38-28(25)20-12-13-23(36-18-20)32(33,34)35/h12-13,18-19,22,28H,10-11,14-17H2,1-9H3. The predicted octanol–water partition coefficient (Wildman–Crippen LogP) is 9.32. The van der Waals surface area contributed by atoms with Crippen molar-refractivity contribution in [2.75, 3.05) is 12.5 Å². The second-order valence-electron chi connectivity index (χ2n) is 14.5. The van der Waals surface area contributed by atoms with E-state index in [2.05, 4.69) is 66.0 Å². The summed E-state index contributed by atoms with van der Waals surface area (Å²) >= 11 is 0. The zero-order valence-electron chi connectivity index (χ0n) is 25.5. The van der Waals surface area contributed by atoms with E-state index in [1.807, 2.05) is 0 Å². The zero-order chi connectivity index (χ0) is 29.5. The minimum atomic E-state index is -4.48. The Morgan fingerprint density at radius 1 is 1.05 bits per heavy atom. The molecule has 2 aromatic heterocycles. The number of pyridine rings is 2. The lowest BCUT2D eigenvalue weighted by Crippen LogP contribution is -2.35. The molecule has 0 aromatic carbocycles. The number of halogens is 3. The van der Waals surface area contributed by atoms with Crippen LogP contribution in [0.3, 0.4) is 0 Å². The van der Waals surface area contributed by atoms with Crippen molar-refractivity contribution in [1.29, 1.82) is 0 Å². The van der Waals surface area contributed by atoms with Gasteiger partial charge in [0, 0.05) is 39.0 Å². The first-order valence-corrected chi connectivity index (χ1v) is 16.9. The van der Waals surface area contributed by atoms with Crippen LogP contribution in [0.2, 0.25) is 0 Å². The van der Waals surface area contributed by atoms with Gasteiger partial charge in [-0.3, -0.25) is 9.97 Å². The Morgan fingerprint density at radius 3 is 2.23 bits per heavy atom. The molecule has 0 saturated heterocycles. The molecule has 2 aliphatic carbocycles. The first-order valence-electron chi connectivity index (χ1n) is 14.5. The molecular formula is C32H45F3N2O2S. The van der Waals surface area contributed by atoms with Gasteiger partial charge in [0.25, 0.3) is 0 Å².